The summed E-state index contributed by atoms with van der Waals surface area (Å²) in [4.78, 5) is 30.0. The third kappa shape index (κ3) is 5.11. The maximum Gasteiger partial charge on any atom is 0.353 e. The van der Waals surface area contributed by atoms with Gasteiger partial charge < -0.3 is 20.7 Å². The van der Waals surface area contributed by atoms with Crippen LogP contribution in [-0.2, 0) is 9.53 Å². The number of ether oxygens (including phenoxy) is 1. The SMILES string of the molecule is COCC(C)Nc1ncnc(Nc2ccc(NC(C)=O)cc2)c1[N+](=O)[O-]. The number of nitro groups is 1. The van der Waals surface area contributed by atoms with E-state index in [4.69, 9.17) is 4.74 Å². The van der Waals surface area contributed by atoms with Crippen LogP contribution >= 0.6 is 0 Å². The smallest absolute Gasteiger partial charge is 0.353 e. The number of benzene rings is 1. The van der Waals surface area contributed by atoms with Gasteiger partial charge in [0.05, 0.1) is 11.5 Å². The number of rotatable bonds is 8. The van der Waals surface area contributed by atoms with Crippen molar-refractivity contribution in [1.29, 1.82) is 0 Å². The summed E-state index contributed by atoms with van der Waals surface area (Å²) in [5.74, 6) is -0.0191. The van der Waals surface area contributed by atoms with E-state index in [9.17, 15) is 14.9 Å². The molecule has 0 aliphatic rings. The van der Waals surface area contributed by atoms with E-state index in [-0.39, 0.29) is 29.3 Å². The van der Waals surface area contributed by atoms with Crippen molar-refractivity contribution in [2.45, 2.75) is 19.9 Å². The van der Waals surface area contributed by atoms with E-state index in [1.165, 1.54) is 13.3 Å². The molecule has 0 aliphatic heterocycles. The molecule has 138 valence electrons. The van der Waals surface area contributed by atoms with Gasteiger partial charge in [-0.05, 0) is 31.2 Å². The molecule has 2 aromatic rings. The van der Waals surface area contributed by atoms with Gasteiger partial charge in [0.1, 0.15) is 6.33 Å². The summed E-state index contributed by atoms with van der Waals surface area (Å²) >= 11 is 0. The second-order valence-corrected chi connectivity index (χ2v) is 5.56. The summed E-state index contributed by atoms with van der Waals surface area (Å²) in [6.07, 6.45) is 1.24. The van der Waals surface area contributed by atoms with Crippen LogP contribution in [0.15, 0.2) is 30.6 Å². The normalized spacial score (nSPS) is 11.5. The quantitative estimate of drug-likeness (QED) is 0.483. The molecule has 1 amide bonds. The number of hydrogen-bond donors (Lipinski definition) is 3. The van der Waals surface area contributed by atoms with Crippen molar-refractivity contribution in [3.63, 3.8) is 0 Å². The third-order valence-corrected chi connectivity index (χ3v) is 3.27. The van der Waals surface area contributed by atoms with Crippen LogP contribution in [0.1, 0.15) is 13.8 Å². The molecular formula is C16H20N6O4. The third-order valence-electron chi connectivity index (χ3n) is 3.27. The van der Waals surface area contributed by atoms with E-state index in [1.807, 2.05) is 6.92 Å². The molecule has 0 fully saturated rings. The molecule has 1 unspecified atom stereocenters. The van der Waals surface area contributed by atoms with Gasteiger partial charge in [0, 0.05) is 31.5 Å². The van der Waals surface area contributed by atoms with Crippen LogP contribution in [-0.4, -0.2) is 40.6 Å². The Balaban J connectivity index is 2.25. The van der Waals surface area contributed by atoms with Gasteiger partial charge in [-0.25, -0.2) is 9.97 Å². The molecule has 1 aromatic heterocycles. The van der Waals surface area contributed by atoms with E-state index < -0.39 is 4.92 Å². The van der Waals surface area contributed by atoms with Gasteiger partial charge in [-0.3, -0.25) is 14.9 Å². The standard InChI is InChI=1S/C16H20N6O4/c1-10(8-26-3)19-15-14(22(24)25)16(18-9-17-15)21-13-6-4-12(5-7-13)20-11(2)23/h4-7,9-10H,8H2,1-3H3,(H,20,23)(H2,17,18,19,21). The molecule has 2 rings (SSSR count). The first kappa shape index (κ1) is 19.1. The first-order valence-corrected chi connectivity index (χ1v) is 7.80. The number of anilines is 4. The Labute approximate surface area is 150 Å². The van der Waals surface area contributed by atoms with Crippen molar-refractivity contribution in [3.8, 4) is 0 Å². The van der Waals surface area contributed by atoms with Gasteiger partial charge in [0.15, 0.2) is 0 Å². The van der Waals surface area contributed by atoms with Crippen molar-refractivity contribution < 1.29 is 14.5 Å². The average Bonchev–Trinajstić information content (AvgIpc) is 2.56. The topological polar surface area (TPSA) is 131 Å². The number of methoxy groups -OCH3 is 1. The minimum absolute atomic E-state index is 0.0596. The predicted molar refractivity (Wildman–Crippen MR) is 97.7 cm³/mol. The van der Waals surface area contributed by atoms with Crippen LogP contribution in [0.25, 0.3) is 0 Å². The van der Waals surface area contributed by atoms with Crippen LogP contribution < -0.4 is 16.0 Å². The van der Waals surface area contributed by atoms with Gasteiger partial charge in [-0.15, -0.1) is 0 Å². The summed E-state index contributed by atoms with van der Waals surface area (Å²) in [6.45, 7) is 3.60. The minimum Gasteiger partial charge on any atom is -0.383 e. The molecule has 10 nitrogen and oxygen atoms in total. The Kier molecular flexibility index (Phi) is 6.39. The summed E-state index contributed by atoms with van der Waals surface area (Å²) in [7, 11) is 1.55. The first-order chi connectivity index (χ1) is 12.4. The number of hydrogen-bond acceptors (Lipinski definition) is 8. The number of nitrogens with one attached hydrogen (secondary N) is 3. The van der Waals surface area contributed by atoms with Crippen molar-refractivity contribution in [2.75, 3.05) is 29.7 Å². The van der Waals surface area contributed by atoms with Gasteiger partial charge in [0.25, 0.3) is 0 Å². The van der Waals surface area contributed by atoms with Gasteiger partial charge in [-0.1, -0.05) is 0 Å². The minimum atomic E-state index is -0.546. The van der Waals surface area contributed by atoms with E-state index in [0.29, 0.717) is 18.0 Å². The van der Waals surface area contributed by atoms with Crippen molar-refractivity contribution in [3.05, 3.63) is 40.7 Å². The zero-order valence-electron chi connectivity index (χ0n) is 14.6. The molecule has 0 aliphatic carbocycles. The van der Waals surface area contributed by atoms with E-state index in [1.54, 1.807) is 31.4 Å². The van der Waals surface area contributed by atoms with Crippen molar-refractivity contribution in [2.24, 2.45) is 0 Å². The molecule has 1 atom stereocenters. The Morgan fingerprint density at radius 2 is 1.85 bits per heavy atom. The predicted octanol–water partition coefficient (Wildman–Crippen LogP) is 2.53. The summed E-state index contributed by atoms with van der Waals surface area (Å²) in [5, 5.41) is 20.0. The summed E-state index contributed by atoms with van der Waals surface area (Å²) < 4.78 is 5.02. The Morgan fingerprint density at radius 1 is 1.23 bits per heavy atom. The average molecular weight is 360 g/mol. The maximum absolute atomic E-state index is 11.5. The highest BCUT2D eigenvalue weighted by Crippen LogP contribution is 2.31. The molecule has 1 heterocycles. The molecule has 0 bridgehead atoms. The Morgan fingerprint density at radius 3 is 2.42 bits per heavy atom. The number of carbonyl (C=O) groups excluding carboxylic acids is 1. The molecule has 1 aromatic carbocycles. The molecule has 0 radical (unpaired) electrons. The lowest BCUT2D eigenvalue weighted by molar-refractivity contribution is -0.383. The van der Waals surface area contributed by atoms with E-state index >= 15 is 0 Å². The molecule has 0 saturated heterocycles. The molecule has 3 N–H and O–H groups in total. The molecule has 10 heteroatoms. The van der Waals surface area contributed by atoms with Gasteiger partial charge in [-0.2, -0.15) is 0 Å². The van der Waals surface area contributed by atoms with Crippen LogP contribution in [0.2, 0.25) is 0 Å². The van der Waals surface area contributed by atoms with Crippen molar-refractivity contribution >= 4 is 34.6 Å². The van der Waals surface area contributed by atoms with Crippen LogP contribution in [0.5, 0.6) is 0 Å². The van der Waals surface area contributed by atoms with Gasteiger partial charge >= 0.3 is 5.69 Å². The summed E-state index contributed by atoms with van der Waals surface area (Å²) in [5.41, 5.74) is 0.939. The highest BCUT2D eigenvalue weighted by Gasteiger charge is 2.24. The second-order valence-electron chi connectivity index (χ2n) is 5.56. The fourth-order valence-electron chi connectivity index (χ4n) is 2.25. The van der Waals surface area contributed by atoms with Crippen molar-refractivity contribution in [1.82, 2.24) is 9.97 Å². The zero-order chi connectivity index (χ0) is 19.1. The number of aromatic nitrogens is 2. The first-order valence-electron chi connectivity index (χ1n) is 7.80. The lowest BCUT2D eigenvalue weighted by Crippen LogP contribution is -2.22. The molecule has 0 saturated carbocycles. The molecule has 0 spiro atoms. The van der Waals surface area contributed by atoms with E-state index in [2.05, 4.69) is 25.9 Å². The largest absolute Gasteiger partial charge is 0.383 e. The summed E-state index contributed by atoms with van der Waals surface area (Å²) in [6, 6.07) is 6.54. The van der Waals surface area contributed by atoms with E-state index in [0.717, 1.165) is 0 Å². The lowest BCUT2D eigenvalue weighted by Gasteiger charge is -2.14. The molecule has 26 heavy (non-hydrogen) atoms. The fraction of sp³-hybridized carbons (Fsp3) is 0.312. The Hall–Kier alpha value is -3.27. The number of carbonyl (C=O) groups is 1. The highest BCUT2D eigenvalue weighted by molar-refractivity contribution is 5.89. The number of amides is 1. The molecular weight excluding hydrogens is 340 g/mol. The fourth-order valence-corrected chi connectivity index (χ4v) is 2.25. The van der Waals surface area contributed by atoms with Crippen LogP contribution in [0.3, 0.4) is 0 Å². The zero-order valence-corrected chi connectivity index (χ0v) is 14.6. The van der Waals surface area contributed by atoms with Crippen LogP contribution in [0, 0.1) is 10.1 Å². The lowest BCUT2D eigenvalue weighted by atomic mass is 10.2. The second kappa shape index (κ2) is 8.72. The monoisotopic (exact) mass is 360 g/mol. The Bertz CT molecular complexity index is 781. The number of nitrogens with zero attached hydrogens (tertiary/aromatic N) is 3. The highest BCUT2D eigenvalue weighted by atomic mass is 16.6. The maximum atomic E-state index is 11.5. The van der Waals surface area contributed by atoms with Gasteiger partial charge in [0.2, 0.25) is 17.5 Å². The van der Waals surface area contributed by atoms with Crippen LogP contribution in [0.4, 0.5) is 28.7 Å².